The van der Waals surface area contributed by atoms with Crippen molar-refractivity contribution in [2.45, 2.75) is 17.4 Å². The SMILES string of the molecule is COC1=Cc2nc(-c3[nH]ncc3NC(=O)c3cc(S(N)(=O)=O)ccc3OC)[nH]c2CC1OC. The zero-order chi connectivity index (χ0) is 23.8. The van der Waals surface area contributed by atoms with Gasteiger partial charge in [0.2, 0.25) is 10.0 Å². The molecule has 0 bridgehead atoms. The number of sulfonamides is 1. The van der Waals surface area contributed by atoms with Crippen LogP contribution in [0.1, 0.15) is 21.7 Å². The Labute approximate surface area is 189 Å². The molecule has 0 radical (unpaired) electrons. The molecule has 0 saturated carbocycles. The molecule has 1 aliphatic carbocycles. The normalized spacial score (nSPS) is 15.5. The lowest BCUT2D eigenvalue weighted by molar-refractivity contribution is 0.0788. The van der Waals surface area contributed by atoms with Crippen LogP contribution in [-0.4, -0.2) is 61.9 Å². The molecule has 1 atom stereocenters. The third kappa shape index (κ3) is 4.33. The Morgan fingerprint density at radius 3 is 2.70 bits per heavy atom. The third-order valence-electron chi connectivity index (χ3n) is 5.19. The molecule has 5 N–H and O–H groups in total. The number of hydrogen-bond acceptors (Lipinski definition) is 8. The average molecular weight is 474 g/mol. The van der Waals surface area contributed by atoms with E-state index in [1.807, 2.05) is 0 Å². The number of H-pyrrole nitrogens is 2. The van der Waals surface area contributed by atoms with E-state index >= 15 is 0 Å². The highest BCUT2D eigenvalue weighted by atomic mass is 32.2. The largest absolute Gasteiger partial charge is 0.498 e. The summed E-state index contributed by atoms with van der Waals surface area (Å²) in [4.78, 5) is 20.5. The van der Waals surface area contributed by atoms with Crippen molar-refractivity contribution in [3.05, 3.63) is 47.1 Å². The minimum absolute atomic E-state index is 0.00878. The first-order chi connectivity index (χ1) is 15.7. The number of fused-ring (bicyclic) bond motifs is 1. The molecule has 0 spiro atoms. The van der Waals surface area contributed by atoms with Gasteiger partial charge < -0.3 is 24.5 Å². The number of nitrogens with zero attached hydrogens (tertiary/aromatic N) is 2. The molecule has 2 aromatic heterocycles. The number of hydrogen-bond donors (Lipinski definition) is 4. The minimum Gasteiger partial charge on any atom is -0.498 e. The zero-order valence-electron chi connectivity index (χ0n) is 18.0. The van der Waals surface area contributed by atoms with Crippen molar-refractivity contribution < 1.29 is 27.4 Å². The molecule has 0 saturated heterocycles. The number of benzene rings is 1. The number of nitrogens with one attached hydrogen (secondary N) is 3. The summed E-state index contributed by atoms with van der Waals surface area (Å²) < 4.78 is 39.4. The number of amides is 1. The average Bonchev–Trinajstić information content (AvgIpc) is 3.42. The predicted molar refractivity (Wildman–Crippen MR) is 118 cm³/mol. The molecule has 3 aromatic rings. The van der Waals surface area contributed by atoms with Crippen LogP contribution in [0.25, 0.3) is 17.6 Å². The quantitative estimate of drug-likeness (QED) is 0.396. The van der Waals surface area contributed by atoms with Crippen LogP contribution in [0.2, 0.25) is 0 Å². The maximum Gasteiger partial charge on any atom is 0.259 e. The Bertz CT molecular complexity index is 1340. The number of aromatic nitrogens is 4. The van der Waals surface area contributed by atoms with Crippen LogP contribution in [0.4, 0.5) is 5.69 Å². The van der Waals surface area contributed by atoms with Crippen LogP contribution < -0.4 is 15.2 Å². The van der Waals surface area contributed by atoms with Gasteiger partial charge in [0.1, 0.15) is 23.3 Å². The van der Waals surface area contributed by atoms with E-state index in [-0.39, 0.29) is 22.3 Å². The van der Waals surface area contributed by atoms with Crippen molar-refractivity contribution in [1.82, 2.24) is 20.2 Å². The number of primary sulfonamides is 1. The minimum atomic E-state index is -4.01. The summed E-state index contributed by atoms with van der Waals surface area (Å²) in [6.07, 6.45) is 3.49. The van der Waals surface area contributed by atoms with Gasteiger partial charge in [-0.15, -0.1) is 0 Å². The Morgan fingerprint density at radius 1 is 1.24 bits per heavy atom. The second kappa shape index (κ2) is 8.69. The number of ether oxygens (including phenoxy) is 3. The Balaban J connectivity index is 1.65. The summed E-state index contributed by atoms with van der Waals surface area (Å²) in [6, 6.07) is 3.77. The van der Waals surface area contributed by atoms with E-state index in [1.54, 1.807) is 20.3 Å². The maximum atomic E-state index is 13.0. The van der Waals surface area contributed by atoms with Crippen molar-refractivity contribution in [3.8, 4) is 17.3 Å². The molecular formula is C20H22N6O6S. The standard InChI is InChI=1S/C20H22N6O6S/c1-30-15-5-4-10(33(21,28)29)6-11(15)20(27)25-14-9-22-26-18(14)19-23-12-7-16(31-2)17(32-3)8-13(12)24-19/h4-7,9,17H,8H2,1-3H3,(H,22,26)(H,23,24)(H,25,27)(H2,21,28,29). The van der Waals surface area contributed by atoms with Gasteiger partial charge in [-0.25, -0.2) is 18.5 Å². The van der Waals surface area contributed by atoms with Gasteiger partial charge >= 0.3 is 0 Å². The molecule has 4 rings (SSSR count). The van der Waals surface area contributed by atoms with Gasteiger partial charge in [-0.05, 0) is 18.2 Å². The van der Waals surface area contributed by atoms with Crippen LogP contribution in [0.15, 0.2) is 35.1 Å². The van der Waals surface area contributed by atoms with E-state index in [0.717, 1.165) is 11.8 Å². The topological polar surface area (TPSA) is 174 Å². The van der Waals surface area contributed by atoms with Gasteiger partial charge in [0.05, 0.1) is 42.3 Å². The first-order valence-corrected chi connectivity index (χ1v) is 11.2. The number of aromatic amines is 2. The molecule has 1 aliphatic rings. The smallest absolute Gasteiger partial charge is 0.259 e. The molecule has 1 amide bonds. The Kier molecular flexibility index (Phi) is 5.93. The second-order valence-corrected chi connectivity index (χ2v) is 8.71. The van der Waals surface area contributed by atoms with Crippen molar-refractivity contribution >= 4 is 27.7 Å². The first-order valence-electron chi connectivity index (χ1n) is 9.68. The van der Waals surface area contributed by atoms with Gasteiger partial charge in [-0.1, -0.05) is 0 Å². The monoisotopic (exact) mass is 474 g/mol. The van der Waals surface area contributed by atoms with Crippen LogP contribution in [0.5, 0.6) is 5.75 Å². The summed E-state index contributed by atoms with van der Waals surface area (Å²) in [6.45, 7) is 0. The molecule has 0 aliphatic heterocycles. The highest BCUT2D eigenvalue weighted by molar-refractivity contribution is 7.89. The summed E-state index contributed by atoms with van der Waals surface area (Å²) in [5.41, 5.74) is 2.27. The molecular weight excluding hydrogens is 452 g/mol. The lowest BCUT2D eigenvalue weighted by atomic mass is 10.0. The van der Waals surface area contributed by atoms with E-state index in [1.165, 1.54) is 25.4 Å². The van der Waals surface area contributed by atoms with Crippen LogP contribution in [0, 0.1) is 0 Å². The molecule has 174 valence electrons. The Hall–Kier alpha value is -3.68. The summed E-state index contributed by atoms with van der Waals surface area (Å²) in [5.74, 6) is 0.670. The lowest BCUT2D eigenvalue weighted by Crippen LogP contribution is -2.22. The number of imidazole rings is 1. The maximum absolute atomic E-state index is 13.0. The van der Waals surface area contributed by atoms with Gasteiger partial charge in [-0.2, -0.15) is 5.10 Å². The molecule has 1 unspecified atom stereocenters. The van der Waals surface area contributed by atoms with E-state index in [4.69, 9.17) is 19.3 Å². The lowest BCUT2D eigenvalue weighted by Gasteiger charge is -2.20. The zero-order valence-corrected chi connectivity index (χ0v) is 18.8. The van der Waals surface area contributed by atoms with Crippen molar-refractivity contribution in [2.24, 2.45) is 5.14 Å². The van der Waals surface area contributed by atoms with E-state index in [9.17, 15) is 13.2 Å². The fraction of sp³-hybridized carbons (Fsp3) is 0.250. The second-order valence-electron chi connectivity index (χ2n) is 7.15. The van der Waals surface area contributed by atoms with Crippen LogP contribution in [-0.2, 0) is 25.9 Å². The molecule has 0 fully saturated rings. The van der Waals surface area contributed by atoms with Crippen molar-refractivity contribution in [3.63, 3.8) is 0 Å². The molecule has 33 heavy (non-hydrogen) atoms. The molecule has 12 nitrogen and oxygen atoms in total. The van der Waals surface area contributed by atoms with E-state index in [0.29, 0.717) is 35.1 Å². The van der Waals surface area contributed by atoms with Crippen LogP contribution >= 0.6 is 0 Å². The van der Waals surface area contributed by atoms with Crippen LogP contribution in [0.3, 0.4) is 0 Å². The number of carbonyl (C=O) groups excluding carboxylic acids is 1. The number of rotatable bonds is 7. The van der Waals surface area contributed by atoms with Gasteiger partial charge in [0.25, 0.3) is 5.91 Å². The van der Waals surface area contributed by atoms with Crippen molar-refractivity contribution in [2.75, 3.05) is 26.6 Å². The number of nitrogens with two attached hydrogens (primary N) is 1. The molecule has 13 heteroatoms. The highest BCUT2D eigenvalue weighted by Crippen LogP contribution is 2.30. The number of carbonyl (C=O) groups is 1. The Morgan fingerprint density at radius 2 is 2.03 bits per heavy atom. The predicted octanol–water partition coefficient (Wildman–Crippen LogP) is 1.27. The first kappa shape index (κ1) is 22.5. The third-order valence-corrected chi connectivity index (χ3v) is 6.10. The summed E-state index contributed by atoms with van der Waals surface area (Å²) in [5, 5.41) is 14.7. The number of methoxy groups -OCH3 is 3. The van der Waals surface area contributed by atoms with Gasteiger partial charge in [-0.3, -0.25) is 9.89 Å². The van der Waals surface area contributed by atoms with E-state index in [2.05, 4.69) is 25.5 Å². The van der Waals surface area contributed by atoms with Gasteiger partial charge in [0.15, 0.2) is 5.82 Å². The van der Waals surface area contributed by atoms with Crippen molar-refractivity contribution in [1.29, 1.82) is 0 Å². The summed E-state index contributed by atoms with van der Waals surface area (Å²) in [7, 11) is 0.528. The summed E-state index contributed by atoms with van der Waals surface area (Å²) >= 11 is 0. The fourth-order valence-corrected chi connectivity index (χ4v) is 4.05. The molecule has 2 heterocycles. The number of anilines is 1. The molecule has 1 aromatic carbocycles. The van der Waals surface area contributed by atoms with Gasteiger partial charge in [0, 0.05) is 25.3 Å². The van der Waals surface area contributed by atoms with E-state index < -0.39 is 15.9 Å². The highest BCUT2D eigenvalue weighted by Gasteiger charge is 2.26. The fourth-order valence-electron chi connectivity index (χ4n) is 3.51.